The van der Waals surface area contributed by atoms with E-state index >= 15 is 0 Å². The molecule has 0 radical (unpaired) electrons. The van der Waals surface area contributed by atoms with Gasteiger partial charge in [0.25, 0.3) is 5.91 Å². The largest absolute Gasteiger partial charge is 0.300 e. The van der Waals surface area contributed by atoms with Crippen molar-refractivity contribution in [3.05, 3.63) is 29.6 Å². The topological polar surface area (TPSA) is 71.2 Å². The summed E-state index contributed by atoms with van der Waals surface area (Å²) in [5.74, 6) is 5.82. The van der Waals surface area contributed by atoms with E-state index in [0.717, 1.165) is 24.5 Å². The molecule has 0 fully saturated rings. The maximum Gasteiger partial charge on any atom is 0.266 e. The molecule has 0 unspecified atom stereocenters. The zero-order valence-electron chi connectivity index (χ0n) is 10.1. The van der Waals surface area contributed by atoms with Crippen molar-refractivity contribution < 1.29 is 4.79 Å². The molecule has 0 atom stereocenters. The first kappa shape index (κ1) is 14.0. The molecule has 0 aliphatic heterocycles. The van der Waals surface area contributed by atoms with E-state index in [1.807, 2.05) is 17.8 Å². The summed E-state index contributed by atoms with van der Waals surface area (Å²) in [6.07, 6.45) is 3.63. The molecule has 0 aliphatic carbocycles. The molecule has 0 aliphatic rings. The van der Waals surface area contributed by atoms with Crippen molar-refractivity contribution >= 4 is 17.7 Å². The van der Waals surface area contributed by atoms with Crippen LogP contribution in [-0.2, 0) is 6.54 Å². The molecular weight excluding hydrogens is 236 g/mol. The number of thioether (sulfide) groups is 1. The van der Waals surface area contributed by atoms with E-state index in [9.17, 15) is 4.79 Å². The SMILES string of the molecule is CSCCN(C)Cc1ccc(C(=O)NN)cn1. The Labute approximate surface area is 106 Å². The van der Waals surface area contributed by atoms with Crippen molar-refractivity contribution in [3.63, 3.8) is 0 Å². The van der Waals surface area contributed by atoms with Gasteiger partial charge in [0.2, 0.25) is 0 Å². The molecule has 1 amide bonds. The highest BCUT2D eigenvalue weighted by Gasteiger charge is 2.05. The van der Waals surface area contributed by atoms with Crippen LogP contribution in [0.2, 0.25) is 0 Å². The third-order valence-corrected chi connectivity index (χ3v) is 2.92. The fourth-order valence-corrected chi connectivity index (χ4v) is 1.83. The number of nitrogens with zero attached hydrogens (tertiary/aromatic N) is 2. The first-order valence-electron chi connectivity index (χ1n) is 5.30. The molecule has 0 aromatic carbocycles. The van der Waals surface area contributed by atoms with E-state index in [-0.39, 0.29) is 5.91 Å². The predicted octanol–water partition coefficient (Wildman–Crippen LogP) is 0.480. The van der Waals surface area contributed by atoms with Gasteiger partial charge in [-0.3, -0.25) is 20.1 Å². The van der Waals surface area contributed by atoms with Crippen molar-refractivity contribution in [1.82, 2.24) is 15.3 Å². The summed E-state index contributed by atoms with van der Waals surface area (Å²) in [6, 6.07) is 3.58. The minimum Gasteiger partial charge on any atom is -0.300 e. The number of nitrogen functional groups attached to an aromatic ring is 1. The lowest BCUT2D eigenvalue weighted by Gasteiger charge is -2.15. The quantitative estimate of drug-likeness (QED) is 0.439. The Kier molecular flexibility index (Phi) is 5.96. The number of hydrogen-bond acceptors (Lipinski definition) is 5. The van der Waals surface area contributed by atoms with Gasteiger partial charge in [0.15, 0.2) is 0 Å². The van der Waals surface area contributed by atoms with Crippen LogP contribution in [0.3, 0.4) is 0 Å². The summed E-state index contributed by atoms with van der Waals surface area (Å²) < 4.78 is 0. The van der Waals surface area contributed by atoms with Crippen molar-refractivity contribution in [1.29, 1.82) is 0 Å². The van der Waals surface area contributed by atoms with E-state index in [2.05, 4.69) is 28.6 Å². The van der Waals surface area contributed by atoms with E-state index in [0.29, 0.717) is 5.56 Å². The third kappa shape index (κ3) is 4.72. The molecule has 6 heteroatoms. The summed E-state index contributed by atoms with van der Waals surface area (Å²) >= 11 is 1.82. The maximum atomic E-state index is 11.2. The molecule has 17 heavy (non-hydrogen) atoms. The second-order valence-electron chi connectivity index (χ2n) is 3.74. The fourth-order valence-electron chi connectivity index (χ4n) is 1.34. The molecule has 0 saturated carbocycles. The van der Waals surface area contributed by atoms with Gasteiger partial charge in [0, 0.05) is 25.0 Å². The molecule has 1 aromatic rings. The summed E-state index contributed by atoms with van der Waals surface area (Å²) in [4.78, 5) is 17.6. The lowest BCUT2D eigenvalue weighted by molar-refractivity contribution is 0.0953. The highest BCUT2D eigenvalue weighted by atomic mass is 32.2. The minimum absolute atomic E-state index is 0.320. The smallest absolute Gasteiger partial charge is 0.266 e. The van der Waals surface area contributed by atoms with E-state index in [4.69, 9.17) is 5.84 Å². The Morgan fingerprint density at radius 3 is 2.88 bits per heavy atom. The average molecular weight is 254 g/mol. The number of hydrazine groups is 1. The van der Waals surface area contributed by atoms with Gasteiger partial charge in [-0.25, -0.2) is 5.84 Å². The Balaban J connectivity index is 2.53. The molecule has 5 nitrogen and oxygen atoms in total. The third-order valence-electron chi connectivity index (χ3n) is 2.33. The number of nitrogens with two attached hydrogens (primary N) is 1. The molecule has 3 N–H and O–H groups in total. The van der Waals surface area contributed by atoms with Gasteiger partial charge in [-0.1, -0.05) is 0 Å². The Bertz CT molecular complexity index is 355. The summed E-state index contributed by atoms with van der Waals surface area (Å²) in [6.45, 7) is 1.80. The molecule has 94 valence electrons. The number of hydrogen-bond donors (Lipinski definition) is 2. The van der Waals surface area contributed by atoms with Crippen LogP contribution in [0.1, 0.15) is 16.1 Å². The Hall–Kier alpha value is -1.11. The van der Waals surface area contributed by atoms with Crippen LogP contribution in [0.5, 0.6) is 0 Å². The standard InChI is InChI=1S/C11H18N4OS/c1-15(5-6-17-2)8-10-4-3-9(7-13-10)11(16)14-12/h3-4,7H,5-6,8,12H2,1-2H3,(H,14,16). The van der Waals surface area contributed by atoms with Gasteiger partial charge in [-0.05, 0) is 25.4 Å². The number of aromatic nitrogens is 1. The van der Waals surface area contributed by atoms with Crippen molar-refractivity contribution in [2.75, 3.05) is 25.6 Å². The van der Waals surface area contributed by atoms with E-state index < -0.39 is 0 Å². The molecule has 0 saturated heterocycles. The zero-order chi connectivity index (χ0) is 12.7. The van der Waals surface area contributed by atoms with Crippen molar-refractivity contribution in [3.8, 4) is 0 Å². The van der Waals surface area contributed by atoms with E-state index in [1.165, 1.54) is 0 Å². The molecule has 0 spiro atoms. The molecular formula is C11H18N4OS. The van der Waals surface area contributed by atoms with Crippen molar-refractivity contribution in [2.24, 2.45) is 5.84 Å². The van der Waals surface area contributed by atoms with Crippen LogP contribution < -0.4 is 11.3 Å². The predicted molar refractivity (Wildman–Crippen MR) is 70.6 cm³/mol. The molecule has 0 bridgehead atoms. The number of nitrogens with one attached hydrogen (secondary N) is 1. The van der Waals surface area contributed by atoms with Gasteiger partial charge >= 0.3 is 0 Å². The van der Waals surface area contributed by atoms with Gasteiger partial charge in [0.1, 0.15) is 0 Å². The number of rotatable bonds is 6. The van der Waals surface area contributed by atoms with Crippen LogP contribution in [0.4, 0.5) is 0 Å². The van der Waals surface area contributed by atoms with Gasteiger partial charge in [-0.15, -0.1) is 0 Å². The maximum absolute atomic E-state index is 11.2. The number of amides is 1. The number of pyridine rings is 1. The first-order valence-corrected chi connectivity index (χ1v) is 6.70. The summed E-state index contributed by atoms with van der Waals surface area (Å²) in [5.41, 5.74) is 3.50. The second-order valence-corrected chi connectivity index (χ2v) is 4.73. The van der Waals surface area contributed by atoms with Crippen LogP contribution in [-0.4, -0.2) is 41.4 Å². The molecule has 1 rings (SSSR count). The summed E-state index contributed by atoms with van der Waals surface area (Å²) in [7, 11) is 2.05. The second kappa shape index (κ2) is 7.26. The zero-order valence-corrected chi connectivity index (χ0v) is 11.0. The van der Waals surface area contributed by atoms with Crippen molar-refractivity contribution in [2.45, 2.75) is 6.54 Å². The van der Waals surface area contributed by atoms with Crippen LogP contribution in [0.25, 0.3) is 0 Å². The Morgan fingerprint density at radius 1 is 1.59 bits per heavy atom. The number of carbonyl (C=O) groups is 1. The van der Waals surface area contributed by atoms with Crippen LogP contribution in [0, 0.1) is 0 Å². The lowest BCUT2D eigenvalue weighted by Crippen LogP contribution is -2.30. The molecule has 1 heterocycles. The fraction of sp³-hybridized carbons (Fsp3) is 0.455. The summed E-state index contributed by atoms with van der Waals surface area (Å²) in [5, 5.41) is 0. The van der Waals surface area contributed by atoms with Gasteiger partial charge < -0.3 is 0 Å². The van der Waals surface area contributed by atoms with Gasteiger partial charge in [-0.2, -0.15) is 11.8 Å². The van der Waals surface area contributed by atoms with Gasteiger partial charge in [0.05, 0.1) is 11.3 Å². The lowest BCUT2D eigenvalue weighted by atomic mass is 10.2. The average Bonchev–Trinajstić information content (AvgIpc) is 2.36. The molecule has 1 aromatic heterocycles. The first-order chi connectivity index (χ1) is 8.17. The monoisotopic (exact) mass is 254 g/mol. The highest BCUT2D eigenvalue weighted by molar-refractivity contribution is 7.98. The Morgan fingerprint density at radius 2 is 2.35 bits per heavy atom. The van der Waals surface area contributed by atoms with Crippen LogP contribution >= 0.6 is 11.8 Å². The highest BCUT2D eigenvalue weighted by Crippen LogP contribution is 2.03. The van der Waals surface area contributed by atoms with Crippen LogP contribution in [0.15, 0.2) is 18.3 Å². The van der Waals surface area contributed by atoms with E-state index in [1.54, 1.807) is 12.3 Å². The number of carbonyl (C=O) groups excluding carboxylic acids is 1. The normalized spacial score (nSPS) is 10.6. The minimum atomic E-state index is -0.320.